The second-order valence-electron chi connectivity index (χ2n) is 12.5. The largest absolute Gasteiger partial charge is 0.494 e. The van der Waals surface area contributed by atoms with Gasteiger partial charge >= 0.3 is 17.6 Å². The first-order chi connectivity index (χ1) is 24.3. The maximum atomic E-state index is 14.7. The van der Waals surface area contributed by atoms with Crippen molar-refractivity contribution < 1.29 is 33.3 Å². The molecule has 0 spiro atoms. The van der Waals surface area contributed by atoms with Crippen molar-refractivity contribution in [3.63, 3.8) is 0 Å². The first-order valence-electron chi connectivity index (χ1n) is 17.1. The quantitative estimate of drug-likeness (QED) is 0.103. The molecule has 2 aliphatic heterocycles. The van der Waals surface area contributed by atoms with Gasteiger partial charge in [-0.1, -0.05) is 6.07 Å². The molecule has 2 aliphatic rings. The summed E-state index contributed by atoms with van der Waals surface area (Å²) < 4.78 is 35.9. The number of aromatic nitrogens is 1. The second kappa shape index (κ2) is 18.3. The van der Waals surface area contributed by atoms with Crippen LogP contribution in [0, 0.1) is 5.82 Å². The Kier molecular flexibility index (Phi) is 13.3. The van der Waals surface area contributed by atoms with Crippen LogP contribution >= 0.6 is 0 Å². The van der Waals surface area contributed by atoms with Crippen molar-refractivity contribution in [2.75, 3.05) is 58.5 Å². The van der Waals surface area contributed by atoms with Gasteiger partial charge in [-0.15, -0.1) is 0 Å². The van der Waals surface area contributed by atoms with Gasteiger partial charge in [-0.2, -0.15) is 0 Å². The number of hydrogen-bond acceptors (Lipinski definition) is 9. The molecule has 266 valence electrons. The van der Waals surface area contributed by atoms with E-state index in [1.165, 1.54) is 6.07 Å². The van der Waals surface area contributed by atoms with Gasteiger partial charge in [0.15, 0.2) is 0 Å². The van der Waals surface area contributed by atoms with Crippen molar-refractivity contribution in [2.24, 2.45) is 0 Å². The van der Waals surface area contributed by atoms with E-state index in [0.29, 0.717) is 49.7 Å². The molecule has 0 aliphatic carbocycles. The predicted octanol–water partition coefficient (Wildman–Crippen LogP) is 3.60. The number of benzene rings is 2. The summed E-state index contributed by atoms with van der Waals surface area (Å²) >= 11 is 0. The Hall–Kier alpha value is -4.81. The molecule has 13 heteroatoms. The van der Waals surface area contributed by atoms with Gasteiger partial charge in [-0.05, 0) is 94.1 Å². The molecule has 0 unspecified atom stereocenters. The van der Waals surface area contributed by atoms with Gasteiger partial charge in [0.25, 0.3) is 5.91 Å². The average Bonchev–Trinajstić information content (AvgIpc) is 3.09. The number of likely N-dealkylation sites (tertiary alicyclic amines) is 1. The Labute approximate surface area is 291 Å². The van der Waals surface area contributed by atoms with Crippen molar-refractivity contribution in [3.05, 3.63) is 89.5 Å². The molecule has 50 heavy (non-hydrogen) atoms. The highest BCUT2D eigenvalue weighted by Gasteiger charge is 2.47. The number of carbonyl (C=O) groups is 2. The fourth-order valence-corrected chi connectivity index (χ4v) is 5.79. The molecule has 12 nitrogen and oxygen atoms in total. The van der Waals surface area contributed by atoms with Gasteiger partial charge in [0, 0.05) is 68.7 Å². The molecule has 1 saturated heterocycles. The highest BCUT2D eigenvalue weighted by Crippen LogP contribution is 2.29. The SMILES string of the molecule is CN1CCC(Nc2cccc(C(=O)NCc3cc(OCCCCCOCCCOCC(=O)O)ccc3F)c2)(C2=[N+]=C(c3ccncc3)N2)CC1. The number of piperidine rings is 1. The molecule has 1 fully saturated rings. The number of aliphatic carboxylic acids is 1. The number of nitrogens with zero attached hydrogens (tertiary/aromatic N) is 3. The lowest BCUT2D eigenvalue weighted by atomic mass is 9.84. The number of anilines is 1. The van der Waals surface area contributed by atoms with Gasteiger partial charge in [-0.25, -0.2) is 19.2 Å². The maximum absolute atomic E-state index is 14.7. The minimum Gasteiger partial charge on any atom is -0.494 e. The summed E-state index contributed by atoms with van der Waals surface area (Å²) in [4.78, 5) is 30.0. The molecule has 2 aromatic carbocycles. The van der Waals surface area contributed by atoms with E-state index in [4.69, 9.17) is 24.0 Å². The van der Waals surface area contributed by atoms with Crippen LogP contribution < -0.4 is 25.4 Å². The Morgan fingerprint density at radius 1 is 0.980 bits per heavy atom. The van der Waals surface area contributed by atoms with E-state index >= 15 is 0 Å². The molecule has 4 N–H and O–H groups in total. The van der Waals surface area contributed by atoms with Crippen LogP contribution in [0.1, 0.15) is 60.0 Å². The predicted molar refractivity (Wildman–Crippen MR) is 189 cm³/mol. The number of amidine groups is 2. The lowest BCUT2D eigenvalue weighted by Gasteiger charge is -2.40. The van der Waals surface area contributed by atoms with Gasteiger partial charge in [0.2, 0.25) is 0 Å². The van der Waals surface area contributed by atoms with Gasteiger partial charge < -0.3 is 34.9 Å². The van der Waals surface area contributed by atoms with E-state index in [1.807, 2.05) is 30.3 Å². The van der Waals surface area contributed by atoms with E-state index in [0.717, 1.165) is 68.1 Å². The number of rotatable bonds is 20. The highest BCUT2D eigenvalue weighted by molar-refractivity contribution is 6.19. The number of pyridine rings is 1. The van der Waals surface area contributed by atoms with Crippen molar-refractivity contribution in [1.29, 1.82) is 0 Å². The summed E-state index contributed by atoms with van der Waals surface area (Å²) in [6.07, 6.45) is 8.41. The monoisotopic (exact) mass is 689 g/mol. The van der Waals surface area contributed by atoms with Crippen molar-refractivity contribution in [1.82, 2.24) is 25.2 Å². The van der Waals surface area contributed by atoms with Crippen molar-refractivity contribution in [3.8, 4) is 5.75 Å². The number of nitrogens with one attached hydrogen (secondary N) is 3. The lowest BCUT2D eigenvalue weighted by Crippen LogP contribution is -2.64. The Bertz CT molecular complexity index is 1660. The van der Waals surface area contributed by atoms with Crippen LogP contribution in [0.15, 0.2) is 67.0 Å². The molecule has 1 aromatic heterocycles. The van der Waals surface area contributed by atoms with Crippen LogP contribution in [0.3, 0.4) is 0 Å². The number of hydrogen-bond donors (Lipinski definition) is 4. The number of ether oxygens (including phenoxy) is 3. The Morgan fingerprint density at radius 2 is 1.72 bits per heavy atom. The van der Waals surface area contributed by atoms with E-state index in [2.05, 4.69) is 32.9 Å². The van der Waals surface area contributed by atoms with Gasteiger partial charge in [0.05, 0.1) is 12.2 Å². The third kappa shape index (κ3) is 10.6. The molecule has 1 amide bonds. The molecule has 0 radical (unpaired) electrons. The second-order valence-corrected chi connectivity index (χ2v) is 12.5. The Morgan fingerprint density at radius 3 is 2.50 bits per heavy atom. The summed E-state index contributed by atoms with van der Waals surface area (Å²) in [5, 5.41) is 18.6. The van der Waals surface area contributed by atoms with E-state index in [-0.39, 0.29) is 19.1 Å². The normalized spacial score (nSPS) is 15.2. The van der Waals surface area contributed by atoms with Crippen LogP contribution in [0.25, 0.3) is 0 Å². The van der Waals surface area contributed by atoms with E-state index in [9.17, 15) is 14.0 Å². The Balaban J connectivity index is 1.09. The number of unbranched alkanes of at least 4 members (excludes halogenated alkanes) is 2. The van der Waals surface area contributed by atoms with E-state index in [1.54, 1.807) is 30.6 Å². The molecule has 0 saturated carbocycles. The number of carboxylic acid groups (broad SMARTS) is 1. The standard InChI is InChI=1S/C37H45FN6O6/c1-44-17-13-37(14-18-44,36-41-34(42-36)27-11-15-39-16-12-27)43-30-8-5-7-28(23-30)35(47)40-25-29-24-31(9-10-32(29)38)50-22-4-2-3-19-48-20-6-21-49-26-33(45)46/h5,7-12,15-16,23-24,43H,2-4,6,13-14,17-22,25-26H2,1H3,(H2,40,45,46,47)/p+1. The third-order valence-electron chi connectivity index (χ3n) is 8.68. The summed E-state index contributed by atoms with van der Waals surface area (Å²) in [7, 11) is 2.11. The summed E-state index contributed by atoms with van der Waals surface area (Å²) in [6.45, 7) is 3.49. The summed E-state index contributed by atoms with van der Waals surface area (Å²) in [5.41, 5.74) is 2.19. The van der Waals surface area contributed by atoms with Gasteiger partial charge in [0.1, 0.15) is 23.7 Å². The molecule has 5 rings (SSSR count). The lowest BCUT2D eigenvalue weighted by molar-refractivity contribution is -0.142. The zero-order valence-electron chi connectivity index (χ0n) is 28.5. The average molecular weight is 690 g/mol. The number of halogens is 1. The molecule has 0 bridgehead atoms. The van der Waals surface area contributed by atoms with Crippen LogP contribution in [-0.4, -0.2) is 97.2 Å². The number of carbonyl (C=O) groups excluding carboxylic acids is 1. The van der Waals surface area contributed by atoms with E-state index < -0.39 is 17.3 Å². The molecule has 0 atom stereocenters. The van der Waals surface area contributed by atoms with Crippen LogP contribution in [-0.2, 0) is 20.8 Å². The maximum Gasteiger partial charge on any atom is 0.329 e. The summed E-state index contributed by atoms with van der Waals surface area (Å²) in [6, 6.07) is 15.8. The molecule has 3 heterocycles. The number of amides is 1. The minimum absolute atomic E-state index is 0.0167. The molecular weight excluding hydrogens is 643 g/mol. The topological polar surface area (TPSA) is 148 Å². The minimum atomic E-state index is -0.979. The van der Waals surface area contributed by atoms with Crippen LogP contribution in [0.4, 0.5) is 10.1 Å². The zero-order valence-corrected chi connectivity index (χ0v) is 28.5. The molecule has 3 aromatic rings. The van der Waals surface area contributed by atoms with Crippen molar-refractivity contribution in [2.45, 2.75) is 50.6 Å². The first-order valence-corrected chi connectivity index (χ1v) is 17.1. The smallest absolute Gasteiger partial charge is 0.329 e. The summed E-state index contributed by atoms with van der Waals surface area (Å²) in [5.74, 6) is 0.537. The molecular formula is C37H46FN6O6+. The zero-order chi connectivity index (χ0) is 35.2. The van der Waals surface area contributed by atoms with Crippen molar-refractivity contribution >= 4 is 29.2 Å². The number of carboxylic acids is 1. The van der Waals surface area contributed by atoms with Crippen LogP contribution in [0.5, 0.6) is 5.75 Å². The fraction of sp³-hybridized carbons (Fsp3) is 0.432. The van der Waals surface area contributed by atoms with Gasteiger partial charge in [-0.3, -0.25) is 9.78 Å². The fourth-order valence-electron chi connectivity index (χ4n) is 5.79. The first kappa shape index (κ1) is 36.5. The highest BCUT2D eigenvalue weighted by atomic mass is 19.1. The third-order valence-corrected chi connectivity index (χ3v) is 8.68. The van der Waals surface area contributed by atoms with Crippen LogP contribution in [0.2, 0.25) is 0 Å².